The van der Waals surface area contributed by atoms with Crippen molar-refractivity contribution in [2.45, 2.75) is 71.3 Å². The topological polar surface area (TPSA) is 42.0 Å². The second-order valence-corrected chi connectivity index (χ2v) is 9.02. The number of likely N-dealkylation sites (tertiary alicyclic amines) is 2. The largest absolute Gasteiger partial charge is 0.494 e. The molecule has 2 aliphatic heterocycles. The summed E-state index contributed by atoms with van der Waals surface area (Å²) in [6.45, 7) is 15.4. The number of piperidine rings is 1. The van der Waals surface area contributed by atoms with Crippen LogP contribution in [0.5, 0.6) is 0 Å². The van der Waals surface area contributed by atoms with Crippen molar-refractivity contribution in [2.75, 3.05) is 39.3 Å². The Kier molecular flexibility index (Phi) is 9.79. The van der Waals surface area contributed by atoms with Crippen LogP contribution in [0.3, 0.4) is 0 Å². The Morgan fingerprint density at radius 2 is 1.83 bits per heavy atom. The van der Waals surface area contributed by atoms with Gasteiger partial charge in [-0.15, -0.1) is 0 Å². The van der Waals surface area contributed by atoms with Gasteiger partial charge in [0.05, 0.1) is 6.61 Å². The fourth-order valence-corrected chi connectivity index (χ4v) is 3.72. The van der Waals surface area contributed by atoms with Gasteiger partial charge < -0.3 is 19.3 Å². The fraction of sp³-hybridized carbons (Fsp3) is 0.708. The molecule has 2 rings (SSSR count). The number of carbonyl (C=O) groups excluding carboxylic acids is 1. The minimum atomic E-state index is -0.449. The number of nitrogens with zero attached hydrogens (tertiary/aromatic N) is 2. The van der Waals surface area contributed by atoms with E-state index in [0.717, 1.165) is 51.1 Å². The van der Waals surface area contributed by atoms with E-state index in [2.05, 4.69) is 17.6 Å². The van der Waals surface area contributed by atoms with Crippen molar-refractivity contribution in [3.8, 4) is 0 Å². The zero-order valence-electron chi connectivity index (χ0n) is 18.8. The van der Waals surface area contributed by atoms with Crippen molar-refractivity contribution in [2.24, 2.45) is 0 Å². The summed E-state index contributed by atoms with van der Waals surface area (Å²) >= 11 is 0. The van der Waals surface area contributed by atoms with E-state index in [0.29, 0.717) is 6.54 Å². The highest BCUT2D eigenvalue weighted by Crippen LogP contribution is 2.19. The number of hydrogen-bond donors (Lipinski definition) is 0. The summed E-state index contributed by atoms with van der Waals surface area (Å²) in [5.74, 6) is 0.824. The van der Waals surface area contributed by atoms with E-state index >= 15 is 0 Å². The van der Waals surface area contributed by atoms with E-state index in [1.165, 1.54) is 37.9 Å². The molecule has 0 saturated carbocycles. The third-order valence-corrected chi connectivity index (χ3v) is 5.30. The monoisotopic (exact) mass is 404 g/mol. The predicted molar refractivity (Wildman–Crippen MR) is 119 cm³/mol. The molecule has 0 aliphatic carbocycles. The molecular formula is C24H40N2O3. The lowest BCUT2D eigenvalue weighted by molar-refractivity contribution is 0.0258. The number of rotatable bonds is 7. The summed E-state index contributed by atoms with van der Waals surface area (Å²) in [5, 5.41) is 0. The van der Waals surface area contributed by atoms with Gasteiger partial charge in [-0.25, -0.2) is 4.79 Å². The Morgan fingerprint density at radius 1 is 1.07 bits per heavy atom. The van der Waals surface area contributed by atoms with E-state index in [4.69, 9.17) is 9.47 Å². The zero-order valence-corrected chi connectivity index (χ0v) is 18.8. The van der Waals surface area contributed by atoms with E-state index in [9.17, 15) is 4.79 Å². The maximum Gasteiger partial charge on any atom is 0.410 e. The van der Waals surface area contributed by atoms with Gasteiger partial charge in [-0.1, -0.05) is 24.6 Å². The summed E-state index contributed by atoms with van der Waals surface area (Å²) in [7, 11) is 0. The molecule has 0 aromatic carbocycles. The third kappa shape index (κ3) is 9.53. The highest BCUT2D eigenvalue weighted by Gasteiger charge is 2.23. The van der Waals surface area contributed by atoms with Gasteiger partial charge in [0.2, 0.25) is 0 Å². The first kappa shape index (κ1) is 23.5. The second kappa shape index (κ2) is 12.1. The van der Waals surface area contributed by atoms with Crippen molar-refractivity contribution >= 4 is 6.09 Å². The van der Waals surface area contributed by atoms with E-state index in [1.54, 1.807) is 6.08 Å². The van der Waals surface area contributed by atoms with Gasteiger partial charge in [-0.2, -0.15) is 0 Å². The minimum absolute atomic E-state index is 0.210. The van der Waals surface area contributed by atoms with Crippen LogP contribution < -0.4 is 0 Å². The lowest BCUT2D eigenvalue weighted by atomic mass is 10.1. The number of ether oxygens (including phenoxy) is 2. The van der Waals surface area contributed by atoms with Crippen LogP contribution in [0.25, 0.3) is 0 Å². The Labute approximate surface area is 177 Å². The predicted octanol–water partition coefficient (Wildman–Crippen LogP) is 5.30. The van der Waals surface area contributed by atoms with Gasteiger partial charge in [-0.3, -0.25) is 0 Å². The van der Waals surface area contributed by atoms with Crippen molar-refractivity contribution in [1.82, 2.24) is 9.80 Å². The molecule has 0 atom stereocenters. The first-order valence-corrected chi connectivity index (χ1v) is 11.2. The van der Waals surface area contributed by atoms with Gasteiger partial charge in [0.25, 0.3) is 0 Å². The molecule has 5 nitrogen and oxygen atoms in total. The molecule has 0 aromatic heterocycles. The molecule has 1 amide bonds. The van der Waals surface area contributed by atoms with E-state index < -0.39 is 5.60 Å². The molecule has 5 heteroatoms. The SMILES string of the molecule is C=C/C(=C\C=C1/CCCN(C(=O)OC(C)(C)C)CC1)OCCCN1CCCCC1. The van der Waals surface area contributed by atoms with Crippen LogP contribution in [0.15, 0.2) is 36.1 Å². The molecule has 2 heterocycles. The number of hydrogen-bond acceptors (Lipinski definition) is 4. The normalized spacial score (nSPS) is 21.0. The average Bonchev–Trinajstić information content (AvgIpc) is 2.93. The minimum Gasteiger partial charge on any atom is -0.494 e. The first-order valence-electron chi connectivity index (χ1n) is 11.2. The Balaban J connectivity index is 1.76. The van der Waals surface area contributed by atoms with Crippen LogP contribution in [0.1, 0.15) is 65.7 Å². The summed E-state index contributed by atoms with van der Waals surface area (Å²) in [6.07, 6.45) is 13.6. The molecule has 0 aromatic rings. The molecule has 29 heavy (non-hydrogen) atoms. The summed E-state index contributed by atoms with van der Waals surface area (Å²) in [6, 6.07) is 0. The van der Waals surface area contributed by atoms with Gasteiger partial charge in [-0.05, 0) is 84.5 Å². The van der Waals surface area contributed by atoms with Crippen LogP contribution >= 0.6 is 0 Å². The highest BCUT2D eigenvalue weighted by molar-refractivity contribution is 5.68. The summed E-state index contributed by atoms with van der Waals surface area (Å²) in [4.78, 5) is 16.6. The maximum absolute atomic E-state index is 12.3. The van der Waals surface area contributed by atoms with Gasteiger partial charge in [0, 0.05) is 19.6 Å². The molecule has 2 aliphatic rings. The number of amides is 1. The molecule has 0 bridgehead atoms. The van der Waals surface area contributed by atoms with Gasteiger partial charge in [0.1, 0.15) is 11.4 Å². The van der Waals surface area contributed by atoms with Crippen molar-refractivity contribution in [3.05, 3.63) is 36.1 Å². The molecular weight excluding hydrogens is 364 g/mol. The lowest BCUT2D eigenvalue weighted by Crippen LogP contribution is -2.37. The van der Waals surface area contributed by atoms with Crippen LogP contribution in [-0.2, 0) is 9.47 Å². The summed E-state index contributed by atoms with van der Waals surface area (Å²) < 4.78 is 11.4. The van der Waals surface area contributed by atoms with E-state index in [1.807, 2.05) is 31.7 Å². The molecule has 2 fully saturated rings. The first-order chi connectivity index (χ1) is 13.9. The Hall–Kier alpha value is -1.75. The van der Waals surface area contributed by atoms with Crippen LogP contribution in [0.2, 0.25) is 0 Å². The van der Waals surface area contributed by atoms with Crippen molar-refractivity contribution < 1.29 is 14.3 Å². The third-order valence-electron chi connectivity index (χ3n) is 5.30. The van der Waals surface area contributed by atoms with Crippen LogP contribution in [0.4, 0.5) is 4.79 Å². The van der Waals surface area contributed by atoms with Gasteiger partial charge >= 0.3 is 6.09 Å². The molecule has 0 N–H and O–H groups in total. The standard InChI is InChI=1S/C24H40N2O3/c1-5-22(28-20-10-17-25-15-7-6-8-16-25)13-12-21-11-9-18-26(19-14-21)23(27)29-24(2,3)4/h5,12-13H,1,6-11,14-20H2,2-4H3/b21-12+,22-13+. The maximum atomic E-state index is 12.3. The Morgan fingerprint density at radius 3 is 2.52 bits per heavy atom. The zero-order chi connectivity index (χ0) is 21.1. The van der Waals surface area contributed by atoms with Crippen molar-refractivity contribution in [3.63, 3.8) is 0 Å². The smallest absolute Gasteiger partial charge is 0.410 e. The quantitative estimate of drug-likeness (QED) is 0.328. The molecule has 0 radical (unpaired) electrons. The summed E-state index contributed by atoms with van der Waals surface area (Å²) in [5.41, 5.74) is 0.891. The Bertz CT molecular complexity index is 583. The molecule has 0 unspecified atom stereocenters. The second-order valence-electron chi connectivity index (χ2n) is 9.02. The lowest BCUT2D eigenvalue weighted by Gasteiger charge is -2.26. The number of allylic oxidation sites excluding steroid dienone is 3. The highest BCUT2D eigenvalue weighted by atomic mass is 16.6. The fourth-order valence-electron chi connectivity index (χ4n) is 3.72. The molecule has 0 spiro atoms. The van der Waals surface area contributed by atoms with Crippen LogP contribution in [0, 0.1) is 0 Å². The van der Waals surface area contributed by atoms with Gasteiger partial charge in [0.15, 0.2) is 0 Å². The number of carbonyl (C=O) groups is 1. The van der Waals surface area contributed by atoms with Crippen LogP contribution in [-0.4, -0.2) is 60.8 Å². The molecule has 2 saturated heterocycles. The molecule has 164 valence electrons. The van der Waals surface area contributed by atoms with Crippen molar-refractivity contribution in [1.29, 1.82) is 0 Å². The van der Waals surface area contributed by atoms with E-state index in [-0.39, 0.29) is 6.09 Å². The average molecular weight is 405 g/mol.